The van der Waals surface area contributed by atoms with Crippen molar-refractivity contribution >= 4 is 21.6 Å². The Morgan fingerprint density at radius 3 is 2.78 bits per heavy atom. The first-order valence-electron chi connectivity index (χ1n) is 5.53. The topological polar surface area (TPSA) is 32.3 Å². The van der Waals surface area contributed by atoms with Gasteiger partial charge in [0.05, 0.1) is 0 Å². The van der Waals surface area contributed by atoms with E-state index in [0.29, 0.717) is 12.1 Å². The van der Waals surface area contributed by atoms with Gasteiger partial charge in [-0.1, -0.05) is 6.07 Å². The van der Waals surface area contributed by atoms with Crippen LogP contribution in [0, 0.1) is 12.7 Å². The summed E-state index contributed by atoms with van der Waals surface area (Å²) in [5.41, 5.74) is 2.58. The molecule has 0 fully saturated rings. The van der Waals surface area contributed by atoms with Crippen LogP contribution >= 0.6 is 15.9 Å². The summed E-state index contributed by atoms with van der Waals surface area (Å²) in [4.78, 5) is 0. The van der Waals surface area contributed by atoms with E-state index in [4.69, 9.17) is 0 Å². The van der Waals surface area contributed by atoms with Gasteiger partial charge >= 0.3 is 0 Å². The zero-order valence-electron chi connectivity index (χ0n) is 9.87. The maximum Gasteiger partial charge on any atom is 0.123 e. The van der Waals surface area contributed by atoms with Gasteiger partial charge in [-0.3, -0.25) is 0 Å². The fraction of sp³-hybridized carbons (Fsp3) is 0.143. The van der Waals surface area contributed by atoms with Crippen LogP contribution in [-0.4, -0.2) is 5.11 Å². The number of rotatable bonds is 3. The highest BCUT2D eigenvalue weighted by Crippen LogP contribution is 2.25. The summed E-state index contributed by atoms with van der Waals surface area (Å²) in [6.07, 6.45) is 0. The second-order valence-electron chi connectivity index (χ2n) is 4.11. The predicted molar refractivity (Wildman–Crippen MR) is 74.3 cm³/mol. The highest BCUT2D eigenvalue weighted by atomic mass is 79.9. The van der Waals surface area contributed by atoms with E-state index in [1.54, 1.807) is 0 Å². The predicted octanol–water partition coefficient (Wildman–Crippen LogP) is 4.21. The smallest absolute Gasteiger partial charge is 0.123 e. The number of benzene rings is 2. The molecule has 2 rings (SSSR count). The van der Waals surface area contributed by atoms with Gasteiger partial charge in [0.2, 0.25) is 0 Å². The highest BCUT2D eigenvalue weighted by molar-refractivity contribution is 9.10. The maximum atomic E-state index is 13.1. The highest BCUT2D eigenvalue weighted by Gasteiger charge is 2.04. The van der Waals surface area contributed by atoms with Crippen molar-refractivity contribution in [3.8, 4) is 5.75 Å². The number of phenols is 1. The Hall–Kier alpha value is -1.55. The zero-order valence-corrected chi connectivity index (χ0v) is 11.5. The van der Waals surface area contributed by atoms with Crippen molar-refractivity contribution in [2.45, 2.75) is 13.5 Å². The zero-order chi connectivity index (χ0) is 13.1. The summed E-state index contributed by atoms with van der Waals surface area (Å²) in [7, 11) is 0. The molecule has 0 aliphatic rings. The third-order valence-electron chi connectivity index (χ3n) is 2.63. The summed E-state index contributed by atoms with van der Waals surface area (Å²) in [5.74, 6) is -0.263. The van der Waals surface area contributed by atoms with Gasteiger partial charge in [-0.2, -0.15) is 0 Å². The molecule has 0 aliphatic carbocycles. The lowest BCUT2D eigenvalue weighted by atomic mass is 10.1. The van der Waals surface area contributed by atoms with Crippen molar-refractivity contribution < 1.29 is 9.50 Å². The Morgan fingerprint density at radius 1 is 1.22 bits per heavy atom. The summed E-state index contributed by atoms with van der Waals surface area (Å²) >= 11 is 3.44. The van der Waals surface area contributed by atoms with Crippen LogP contribution in [0.25, 0.3) is 0 Å². The van der Waals surface area contributed by atoms with E-state index in [-0.39, 0.29) is 11.6 Å². The molecular formula is C14H13BrFNO. The molecule has 0 aromatic heterocycles. The van der Waals surface area contributed by atoms with Crippen LogP contribution in [0.15, 0.2) is 40.9 Å². The van der Waals surface area contributed by atoms with Crippen molar-refractivity contribution in [1.82, 2.24) is 0 Å². The molecule has 2 aromatic rings. The normalized spacial score (nSPS) is 10.4. The number of halogens is 2. The SMILES string of the molecule is Cc1ccc(Br)c(NCc2cc(F)ccc2O)c1. The quantitative estimate of drug-likeness (QED) is 0.890. The number of hydrogen-bond donors (Lipinski definition) is 2. The lowest BCUT2D eigenvalue weighted by Gasteiger charge is -2.10. The maximum absolute atomic E-state index is 13.1. The Balaban J connectivity index is 2.16. The van der Waals surface area contributed by atoms with Crippen LogP contribution < -0.4 is 5.32 Å². The van der Waals surface area contributed by atoms with Crippen LogP contribution in [0.2, 0.25) is 0 Å². The second-order valence-corrected chi connectivity index (χ2v) is 4.96. The number of hydrogen-bond acceptors (Lipinski definition) is 2. The second kappa shape index (κ2) is 5.40. The first kappa shape index (κ1) is 12.9. The van der Waals surface area contributed by atoms with Crippen LogP contribution in [0.4, 0.5) is 10.1 Å². The molecule has 94 valence electrons. The van der Waals surface area contributed by atoms with E-state index in [1.807, 2.05) is 25.1 Å². The summed E-state index contributed by atoms with van der Waals surface area (Å²) < 4.78 is 14.0. The van der Waals surface area contributed by atoms with Gasteiger partial charge in [0.1, 0.15) is 11.6 Å². The molecule has 0 bridgehead atoms. The van der Waals surface area contributed by atoms with E-state index in [1.165, 1.54) is 18.2 Å². The summed E-state index contributed by atoms with van der Waals surface area (Å²) in [6, 6.07) is 9.85. The van der Waals surface area contributed by atoms with E-state index in [0.717, 1.165) is 15.7 Å². The van der Waals surface area contributed by atoms with Gasteiger partial charge in [0.25, 0.3) is 0 Å². The molecule has 18 heavy (non-hydrogen) atoms. The standard InChI is InChI=1S/C14H13BrFNO/c1-9-2-4-12(15)13(6-9)17-8-10-7-11(16)3-5-14(10)18/h2-7,17-18H,8H2,1H3. The van der Waals surface area contributed by atoms with Gasteiger partial charge in [0, 0.05) is 22.3 Å². The Kier molecular flexibility index (Phi) is 3.87. The molecular weight excluding hydrogens is 297 g/mol. The average molecular weight is 310 g/mol. The monoisotopic (exact) mass is 309 g/mol. The fourth-order valence-corrected chi connectivity index (χ4v) is 2.05. The first-order chi connectivity index (χ1) is 8.56. The molecule has 0 saturated carbocycles. The van der Waals surface area contributed by atoms with Gasteiger partial charge < -0.3 is 10.4 Å². The molecule has 2 nitrogen and oxygen atoms in total. The average Bonchev–Trinajstić information content (AvgIpc) is 2.34. The number of aromatic hydroxyl groups is 1. The fourth-order valence-electron chi connectivity index (χ4n) is 1.66. The molecule has 2 N–H and O–H groups in total. The van der Waals surface area contributed by atoms with Crippen molar-refractivity contribution in [2.75, 3.05) is 5.32 Å². The van der Waals surface area contributed by atoms with Crippen molar-refractivity contribution in [1.29, 1.82) is 0 Å². The number of nitrogens with one attached hydrogen (secondary N) is 1. The molecule has 0 amide bonds. The molecule has 2 aromatic carbocycles. The van der Waals surface area contributed by atoms with E-state index in [2.05, 4.69) is 21.2 Å². The minimum atomic E-state index is -0.354. The lowest BCUT2D eigenvalue weighted by molar-refractivity contribution is 0.466. The Labute approximate surface area is 114 Å². The van der Waals surface area contributed by atoms with Crippen LogP contribution in [0.3, 0.4) is 0 Å². The molecule has 4 heteroatoms. The number of anilines is 1. The summed E-state index contributed by atoms with van der Waals surface area (Å²) in [6.45, 7) is 2.36. The van der Waals surface area contributed by atoms with E-state index >= 15 is 0 Å². The van der Waals surface area contributed by atoms with Gasteiger partial charge in [0.15, 0.2) is 0 Å². The lowest BCUT2D eigenvalue weighted by Crippen LogP contribution is -2.01. The van der Waals surface area contributed by atoms with Crippen LogP contribution in [0.1, 0.15) is 11.1 Å². The van der Waals surface area contributed by atoms with Crippen LogP contribution in [-0.2, 0) is 6.54 Å². The van der Waals surface area contributed by atoms with Crippen molar-refractivity contribution in [3.63, 3.8) is 0 Å². The number of phenolic OH excluding ortho intramolecular Hbond substituents is 1. The Bertz CT molecular complexity index is 520. The molecule has 0 heterocycles. The Morgan fingerprint density at radius 2 is 2.00 bits per heavy atom. The first-order valence-corrected chi connectivity index (χ1v) is 6.33. The minimum absolute atomic E-state index is 0.0904. The van der Waals surface area contributed by atoms with Crippen LogP contribution in [0.5, 0.6) is 5.75 Å². The van der Waals surface area contributed by atoms with Gasteiger partial charge in [-0.05, 0) is 58.7 Å². The van der Waals surface area contributed by atoms with E-state index in [9.17, 15) is 9.50 Å². The number of aryl methyl sites for hydroxylation is 1. The molecule has 0 atom stereocenters. The summed E-state index contributed by atoms with van der Waals surface area (Å²) in [5, 5.41) is 12.8. The molecule has 0 aliphatic heterocycles. The van der Waals surface area contributed by atoms with Gasteiger partial charge in [-0.25, -0.2) is 4.39 Å². The molecule has 0 unspecified atom stereocenters. The van der Waals surface area contributed by atoms with Crippen molar-refractivity contribution in [3.05, 3.63) is 57.8 Å². The van der Waals surface area contributed by atoms with Gasteiger partial charge in [-0.15, -0.1) is 0 Å². The largest absolute Gasteiger partial charge is 0.508 e. The van der Waals surface area contributed by atoms with Crippen molar-refractivity contribution in [2.24, 2.45) is 0 Å². The molecule has 0 spiro atoms. The minimum Gasteiger partial charge on any atom is -0.508 e. The van der Waals surface area contributed by atoms with E-state index < -0.39 is 0 Å². The third-order valence-corrected chi connectivity index (χ3v) is 3.32. The third kappa shape index (κ3) is 3.01. The molecule has 0 saturated heterocycles. The molecule has 0 radical (unpaired) electrons.